The molecule has 3 aromatic rings. The Kier molecular flexibility index (Phi) is 3.91. The van der Waals surface area contributed by atoms with E-state index in [9.17, 15) is 0 Å². The smallest absolute Gasteiger partial charge is 0.114 e. The van der Waals surface area contributed by atoms with Gasteiger partial charge in [0, 0.05) is 22.3 Å². The Morgan fingerprint density at radius 2 is 2.05 bits per heavy atom. The molecular weight excluding hydrogens is 350 g/mol. The van der Waals surface area contributed by atoms with Gasteiger partial charge < -0.3 is 5.73 Å². The largest absolute Gasteiger partial charge is 0.399 e. The van der Waals surface area contributed by atoms with E-state index in [1.807, 2.05) is 36.4 Å². The van der Waals surface area contributed by atoms with E-state index in [4.69, 9.17) is 22.3 Å². The van der Waals surface area contributed by atoms with E-state index in [-0.39, 0.29) is 0 Å². The lowest BCUT2D eigenvalue weighted by Crippen LogP contribution is -2.01. The molecule has 0 radical (unpaired) electrons. The molecule has 1 heterocycles. The molecule has 0 bridgehead atoms. The SMILES string of the molecule is CCCc1nc2cc(N)ccc2n1-c1ccc(Cl)c(Br)c1. The maximum Gasteiger partial charge on any atom is 0.114 e. The third-order valence-electron chi connectivity index (χ3n) is 3.38. The predicted octanol–water partition coefficient (Wildman–Crippen LogP) is 4.98. The molecule has 5 heteroatoms. The fourth-order valence-electron chi connectivity index (χ4n) is 2.45. The average Bonchev–Trinajstić information content (AvgIpc) is 2.79. The topological polar surface area (TPSA) is 43.8 Å². The highest BCUT2D eigenvalue weighted by molar-refractivity contribution is 9.10. The molecule has 0 fully saturated rings. The second kappa shape index (κ2) is 5.70. The summed E-state index contributed by atoms with van der Waals surface area (Å²) in [4.78, 5) is 4.73. The van der Waals surface area contributed by atoms with Crippen molar-refractivity contribution in [2.45, 2.75) is 19.8 Å². The number of fused-ring (bicyclic) bond motifs is 1. The van der Waals surface area contributed by atoms with Crippen LogP contribution in [0.1, 0.15) is 19.2 Å². The number of imidazole rings is 1. The molecule has 21 heavy (non-hydrogen) atoms. The lowest BCUT2D eigenvalue weighted by atomic mass is 10.2. The Morgan fingerprint density at radius 3 is 2.76 bits per heavy atom. The van der Waals surface area contributed by atoms with Crippen molar-refractivity contribution in [1.82, 2.24) is 9.55 Å². The van der Waals surface area contributed by atoms with Gasteiger partial charge in [-0.05, 0) is 58.7 Å². The Labute approximate surface area is 136 Å². The van der Waals surface area contributed by atoms with Crippen LogP contribution in [0.3, 0.4) is 0 Å². The van der Waals surface area contributed by atoms with Crippen molar-refractivity contribution in [3.8, 4) is 5.69 Å². The number of hydrogen-bond donors (Lipinski definition) is 1. The van der Waals surface area contributed by atoms with Gasteiger partial charge >= 0.3 is 0 Å². The van der Waals surface area contributed by atoms with Crippen molar-refractivity contribution < 1.29 is 0 Å². The summed E-state index contributed by atoms with van der Waals surface area (Å²) in [5, 5.41) is 0.699. The van der Waals surface area contributed by atoms with Crippen LogP contribution in [0, 0.1) is 0 Å². The zero-order chi connectivity index (χ0) is 15.0. The van der Waals surface area contributed by atoms with Crippen molar-refractivity contribution >= 4 is 44.3 Å². The highest BCUT2D eigenvalue weighted by Gasteiger charge is 2.13. The van der Waals surface area contributed by atoms with E-state index < -0.39 is 0 Å². The van der Waals surface area contributed by atoms with Gasteiger partial charge in [-0.15, -0.1) is 0 Å². The summed E-state index contributed by atoms with van der Waals surface area (Å²) in [5.74, 6) is 1.03. The zero-order valence-electron chi connectivity index (χ0n) is 11.6. The van der Waals surface area contributed by atoms with Gasteiger partial charge in [-0.3, -0.25) is 4.57 Å². The first-order valence-electron chi connectivity index (χ1n) is 6.82. The van der Waals surface area contributed by atoms with Crippen LogP contribution in [0.5, 0.6) is 0 Å². The minimum Gasteiger partial charge on any atom is -0.399 e. The molecule has 108 valence electrons. The van der Waals surface area contributed by atoms with Crippen molar-refractivity contribution in [3.63, 3.8) is 0 Å². The molecular formula is C16H15BrClN3. The number of aryl methyl sites for hydroxylation is 1. The number of rotatable bonds is 3. The van der Waals surface area contributed by atoms with Crippen LogP contribution in [-0.2, 0) is 6.42 Å². The molecule has 0 amide bonds. The molecule has 0 atom stereocenters. The summed E-state index contributed by atoms with van der Waals surface area (Å²) in [6.07, 6.45) is 1.95. The fraction of sp³-hybridized carbons (Fsp3) is 0.188. The van der Waals surface area contributed by atoms with Crippen LogP contribution < -0.4 is 5.73 Å². The minimum atomic E-state index is 0.699. The van der Waals surface area contributed by atoms with E-state index in [1.165, 1.54) is 0 Å². The van der Waals surface area contributed by atoms with Crippen molar-refractivity contribution in [2.75, 3.05) is 5.73 Å². The molecule has 2 aromatic carbocycles. The lowest BCUT2D eigenvalue weighted by molar-refractivity contribution is 0.818. The van der Waals surface area contributed by atoms with Gasteiger partial charge in [0.15, 0.2) is 0 Å². The first-order valence-corrected chi connectivity index (χ1v) is 7.99. The maximum absolute atomic E-state index is 6.09. The summed E-state index contributed by atoms with van der Waals surface area (Å²) in [5.41, 5.74) is 9.62. The number of anilines is 1. The van der Waals surface area contributed by atoms with E-state index in [0.29, 0.717) is 5.02 Å². The van der Waals surface area contributed by atoms with Crippen LogP contribution in [0.15, 0.2) is 40.9 Å². The number of benzene rings is 2. The molecule has 0 saturated heterocycles. The van der Waals surface area contributed by atoms with E-state index in [0.717, 1.165) is 45.5 Å². The molecule has 0 saturated carbocycles. The minimum absolute atomic E-state index is 0.699. The van der Waals surface area contributed by atoms with Crippen molar-refractivity contribution in [3.05, 3.63) is 51.7 Å². The van der Waals surface area contributed by atoms with E-state index in [1.54, 1.807) is 0 Å². The summed E-state index contributed by atoms with van der Waals surface area (Å²) in [6, 6.07) is 11.7. The van der Waals surface area contributed by atoms with E-state index >= 15 is 0 Å². The number of nitrogen functional groups attached to an aromatic ring is 1. The number of nitrogens with two attached hydrogens (primary N) is 1. The third-order valence-corrected chi connectivity index (χ3v) is 4.60. The molecule has 0 aliphatic heterocycles. The maximum atomic E-state index is 6.09. The predicted molar refractivity (Wildman–Crippen MR) is 92.2 cm³/mol. The first kappa shape index (κ1) is 14.4. The normalized spacial score (nSPS) is 11.2. The van der Waals surface area contributed by atoms with Gasteiger partial charge in [0.1, 0.15) is 5.82 Å². The van der Waals surface area contributed by atoms with Crippen molar-refractivity contribution in [2.24, 2.45) is 0 Å². The van der Waals surface area contributed by atoms with Gasteiger partial charge in [-0.25, -0.2) is 4.98 Å². The lowest BCUT2D eigenvalue weighted by Gasteiger charge is -2.10. The van der Waals surface area contributed by atoms with Gasteiger partial charge in [-0.2, -0.15) is 0 Å². The third kappa shape index (κ3) is 2.65. The number of halogens is 2. The summed E-state index contributed by atoms with van der Waals surface area (Å²) < 4.78 is 3.04. The highest BCUT2D eigenvalue weighted by Crippen LogP contribution is 2.29. The van der Waals surface area contributed by atoms with Crippen LogP contribution in [-0.4, -0.2) is 9.55 Å². The second-order valence-corrected chi connectivity index (χ2v) is 6.22. The van der Waals surface area contributed by atoms with Crippen LogP contribution in [0.2, 0.25) is 5.02 Å². The standard InChI is InChI=1S/C16H15BrClN3/c1-2-3-16-20-14-8-10(19)4-7-15(14)21(16)11-5-6-13(18)12(17)9-11/h4-9H,2-3,19H2,1H3. The molecule has 0 spiro atoms. The van der Waals surface area contributed by atoms with Gasteiger partial charge in [0.25, 0.3) is 0 Å². The Hall–Kier alpha value is -1.52. The monoisotopic (exact) mass is 363 g/mol. The van der Waals surface area contributed by atoms with Crippen molar-refractivity contribution in [1.29, 1.82) is 0 Å². The van der Waals surface area contributed by atoms with Gasteiger partial charge in [-0.1, -0.05) is 18.5 Å². The van der Waals surface area contributed by atoms with E-state index in [2.05, 4.69) is 27.4 Å². The molecule has 1 aromatic heterocycles. The summed E-state index contributed by atoms with van der Waals surface area (Å²) in [6.45, 7) is 2.15. The fourth-order valence-corrected chi connectivity index (χ4v) is 2.93. The molecule has 3 rings (SSSR count). The van der Waals surface area contributed by atoms with Crippen LogP contribution >= 0.6 is 27.5 Å². The van der Waals surface area contributed by atoms with Crippen LogP contribution in [0.25, 0.3) is 16.7 Å². The molecule has 3 nitrogen and oxygen atoms in total. The molecule has 0 aliphatic carbocycles. The summed E-state index contributed by atoms with van der Waals surface area (Å²) >= 11 is 9.58. The Bertz CT molecular complexity index is 811. The highest BCUT2D eigenvalue weighted by atomic mass is 79.9. The quantitative estimate of drug-likeness (QED) is 0.666. The first-order chi connectivity index (χ1) is 10.1. The molecule has 2 N–H and O–H groups in total. The number of aromatic nitrogens is 2. The number of nitrogens with zero attached hydrogens (tertiary/aromatic N) is 2. The van der Waals surface area contributed by atoms with Gasteiger partial charge in [0.2, 0.25) is 0 Å². The average molecular weight is 365 g/mol. The van der Waals surface area contributed by atoms with Crippen LogP contribution in [0.4, 0.5) is 5.69 Å². The second-order valence-electron chi connectivity index (χ2n) is 4.96. The molecule has 0 unspecified atom stereocenters. The molecule has 0 aliphatic rings. The Balaban J connectivity index is 2.27. The number of hydrogen-bond acceptors (Lipinski definition) is 2. The summed E-state index contributed by atoms with van der Waals surface area (Å²) in [7, 11) is 0. The zero-order valence-corrected chi connectivity index (χ0v) is 13.9. The Morgan fingerprint density at radius 1 is 1.24 bits per heavy atom. The van der Waals surface area contributed by atoms with Gasteiger partial charge in [0.05, 0.1) is 16.1 Å².